The van der Waals surface area contributed by atoms with Crippen LogP contribution in [0, 0.1) is 6.92 Å². The number of esters is 1. The third-order valence-electron chi connectivity index (χ3n) is 5.73. The highest BCUT2D eigenvalue weighted by Crippen LogP contribution is 2.32. The van der Waals surface area contributed by atoms with E-state index in [0.29, 0.717) is 22.6 Å². The fourth-order valence-electron chi connectivity index (χ4n) is 4.19. The summed E-state index contributed by atoms with van der Waals surface area (Å²) in [4.78, 5) is 43.8. The molecule has 0 aliphatic carbocycles. The Balaban J connectivity index is 1.56. The van der Waals surface area contributed by atoms with Crippen molar-refractivity contribution in [1.29, 1.82) is 0 Å². The van der Waals surface area contributed by atoms with Gasteiger partial charge in [-0.3, -0.25) is 9.59 Å². The Hall–Kier alpha value is -3.39. The van der Waals surface area contributed by atoms with Gasteiger partial charge in [0.2, 0.25) is 5.91 Å². The molecule has 2 N–H and O–H groups in total. The third kappa shape index (κ3) is 4.18. The van der Waals surface area contributed by atoms with Gasteiger partial charge in [-0.15, -0.1) is 11.3 Å². The second-order valence-electron chi connectivity index (χ2n) is 7.81. The maximum absolute atomic E-state index is 12.9. The second-order valence-corrected chi connectivity index (χ2v) is 8.81. The van der Waals surface area contributed by atoms with E-state index in [1.165, 1.54) is 24.5 Å². The number of aromatic amines is 1. The summed E-state index contributed by atoms with van der Waals surface area (Å²) in [5, 5.41) is 5.10. The maximum Gasteiger partial charge on any atom is 0.339 e. The molecule has 8 heteroatoms. The number of carbonyl (C=O) groups is 3. The van der Waals surface area contributed by atoms with Crippen molar-refractivity contribution in [3.8, 4) is 0 Å². The lowest BCUT2D eigenvalue weighted by Gasteiger charge is -2.30. The van der Waals surface area contributed by atoms with E-state index in [1.807, 2.05) is 24.3 Å². The Kier molecular flexibility index (Phi) is 6.14. The van der Waals surface area contributed by atoms with Crippen LogP contribution in [0.2, 0.25) is 0 Å². The molecular weight excluding hydrogens is 426 g/mol. The van der Waals surface area contributed by atoms with E-state index in [9.17, 15) is 14.4 Å². The number of rotatable bonds is 6. The molecule has 1 amide bonds. The molecule has 1 aliphatic heterocycles. The van der Waals surface area contributed by atoms with E-state index in [1.54, 1.807) is 18.3 Å². The predicted octanol–water partition coefficient (Wildman–Crippen LogP) is 4.12. The first-order valence-corrected chi connectivity index (χ1v) is 11.3. The van der Waals surface area contributed by atoms with Gasteiger partial charge in [0.25, 0.3) is 0 Å². The average Bonchev–Trinajstić information content (AvgIpc) is 3.37. The molecule has 0 spiro atoms. The molecule has 32 heavy (non-hydrogen) atoms. The molecule has 0 saturated carbocycles. The van der Waals surface area contributed by atoms with Gasteiger partial charge in [0, 0.05) is 30.6 Å². The fraction of sp³-hybridized carbons (Fsp3) is 0.292. The highest BCUT2D eigenvalue weighted by atomic mass is 32.1. The number of carbonyl (C=O) groups excluding carboxylic acids is 3. The molecular formula is C24H25N3O4S. The number of Topliss-reactive ketones (excluding diaryl/α,β-unsaturated/α-hetero) is 1. The summed E-state index contributed by atoms with van der Waals surface area (Å²) >= 11 is 1.79. The largest absolute Gasteiger partial charge is 0.465 e. The molecule has 0 unspecified atom stereocenters. The SMILES string of the molecule is COC(=O)c1c(CC(=O)Nc2ccccc2N2CCc3sccc3C2)[nH]c(C(C)=O)c1C. The minimum absolute atomic E-state index is 0.0818. The van der Waals surface area contributed by atoms with E-state index in [0.717, 1.165) is 25.2 Å². The highest BCUT2D eigenvalue weighted by Gasteiger charge is 2.25. The molecule has 2 aromatic heterocycles. The number of anilines is 2. The van der Waals surface area contributed by atoms with Crippen LogP contribution in [0.5, 0.6) is 0 Å². The van der Waals surface area contributed by atoms with Gasteiger partial charge >= 0.3 is 5.97 Å². The van der Waals surface area contributed by atoms with Crippen LogP contribution in [0.4, 0.5) is 11.4 Å². The Morgan fingerprint density at radius 2 is 2.00 bits per heavy atom. The molecule has 0 radical (unpaired) electrons. The Bertz CT molecular complexity index is 1190. The van der Waals surface area contributed by atoms with Gasteiger partial charge in [0.1, 0.15) is 0 Å². The fourth-order valence-corrected chi connectivity index (χ4v) is 5.08. The molecule has 0 fully saturated rings. The minimum Gasteiger partial charge on any atom is -0.465 e. The van der Waals surface area contributed by atoms with Crippen molar-refractivity contribution in [1.82, 2.24) is 4.98 Å². The number of hydrogen-bond donors (Lipinski definition) is 2. The van der Waals surface area contributed by atoms with Crippen molar-refractivity contribution in [2.24, 2.45) is 0 Å². The number of methoxy groups -OCH3 is 1. The number of nitrogens with one attached hydrogen (secondary N) is 2. The van der Waals surface area contributed by atoms with Crippen LogP contribution in [0.15, 0.2) is 35.7 Å². The van der Waals surface area contributed by atoms with E-state index >= 15 is 0 Å². The molecule has 166 valence electrons. The van der Waals surface area contributed by atoms with Gasteiger partial charge in [-0.1, -0.05) is 12.1 Å². The normalized spacial score (nSPS) is 12.9. The number of benzene rings is 1. The Labute approximate surface area is 190 Å². The molecule has 7 nitrogen and oxygen atoms in total. The first-order valence-electron chi connectivity index (χ1n) is 10.4. The molecule has 3 aromatic rings. The number of amides is 1. The van der Waals surface area contributed by atoms with E-state index in [4.69, 9.17) is 4.74 Å². The molecule has 1 aliphatic rings. The molecule has 3 heterocycles. The summed E-state index contributed by atoms with van der Waals surface area (Å²) in [6.45, 7) is 4.77. The summed E-state index contributed by atoms with van der Waals surface area (Å²) < 4.78 is 4.86. The van der Waals surface area contributed by atoms with Crippen molar-refractivity contribution in [2.75, 3.05) is 23.9 Å². The third-order valence-corrected chi connectivity index (χ3v) is 6.76. The number of para-hydroxylation sites is 2. The topological polar surface area (TPSA) is 91.5 Å². The van der Waals surface area contributed by atoms with Crippen LogP contribution in [0.3, 0.4) is 0 Å². The van der Waals surface area contributed by atoms with Crippen molar-refractivity contribution in [2.45, 2.75) is 33.2 Å². The van der Waals surface area contributed by atoms with E-state index in [-0.39, 0.29) is 23.7 Å². The van der Waals surface area contributed by atoms with Crippen molar-refractivity contribution in [3.05, 3.63) is 68.7 Å². The lowest BCUT2D eigenvalue weighted by molar-refractivity contribution is -0.115. The Morgan fingerprint density at radius 3 is 2.75 bits per heavy atom. The first-order chi connectivity index (χ1) is 15.4. The second kappa shape index (κ2) is 9.00. The maximum atomic E-state index is 12.9. The van der Waals surface area contributed by atoms with Gasteiger partial charge in [-0.25, -0.2) is 4.79 Å². The van der Waals surface area contributed by atoms with Crippen LogP contribution < -0.4 is 10.2 Å². The highest BCUT2D eigenvalue weighted by molar-refractivity contribution is 7.10. The van der Waals surface area contributed by atoms with Crippen LogP contribution >= 0.6 is 11.3 Å². The molecule has 0 atom stereocenters. The number of H-pyrrole nitrogens is 1. The van der Waals surface area contributed by atoms with Gasteiger partial charge in [-0.05, 0) is 48.1 Å². The number of ketones is 1. The lowest BCUT2D eigenvalue weighted by Crippen LogP contribution is -2.30. The average molecular weight is 452 g/mol. The molecule has 0 saturated heterocycles. The Morgan fingerprint density at radius 1 is 1.22 bits per heavy atom. The van der Waals surface area contributed by atoms with Crippen LogP contribution in [-0.4, -0.2) is 36.3 Å². The monoisotopic (exact) mass is 451 g/mol. The standard InChI is InChI=1S/C24H25N3O4S/c1-14-22(24(30)31-3)18(26-23(14)15(2)28)12-21(29)25-17-6-4-5-7-19(17)27-10-8-20-16(13-27)9-11-32-20/h4-7,9,11,26H,8,10,12-13H2,1-3H3,(H,25,29). The van der Waals surface area contributed by atoms with Crippen LogP contribution in [0.1, 0.15) is 49.5 Å². The molecule has 1 aromatic carbocycles. The summed E-state index contributed by atoms with van der Waals surface area (Å²) in [7, 11) is 1.28. The first kappa shape index (κ1) is 21.8. The summed E-state index contributed by atoms with van der Waals surface area (Å²) in [5.41, 5.74) is 4.41. The zero-order valence-electron chi connectivity index (χ0n) is 18.3. The van der Waals surface area contributed by atoms with Crippen molar-refractivity contribution < 1.29 is 19.1 Å². The number of aromatic nitrogens is 1. The number of hydrogen-bond acceptors (Lipinski definition) is 6. The quantitative estimate of drug-likeness (QED) is 0.435. The number of ether oxygens (including phenoxy) is 1. The summed E-state index contributed by atoms with van der Waals surface area (Å²) in [6, 6.07) is 9.86. The van der Waals surface area contributed by atoms with Gasteiger partial charge < -0.3 is 19.9 Å². The zero-order chi connectivity index (χ0) is 22.8. The minimum atomic E-state index is -0.575. The zero-order valence-corrected chi connectivity index (χ0v) is 19.1. The molecule has 0 bridgehead atoms. The summed E-state index contributed by atoms with van der Waals surface area (Å²) in [6.07, 6.45) is 0.898. The van der Waals surface area contributed by atoms with Gasteiger partial charge in [0.05, 0.1) is 36.2 Å². The smallest absolute Gasteiger partial charge is 0.339 e. The number of fused-ring (bicyclic) bond motifs is 1. The van der Waals surface area contributed by atoms with Crippen LogP contribution in [-0.2, 0) is 28.9 Å². The number of thiophene rings is 1. The van der Waals surface area contributed by atoms with Gasteiger partial charge in [0.15, 0.2) is 5.78 Å². The van der Waals surface area contributed by atoms with Crippen LogP contribution in [0.25, 0.3) is 0 Å². The number of nitrogens with zero attached hydrogens (tertiary/aromatic N) is 1. The van der Waals surface area contributed by atoms with E-state index < -0.39 is 5.97 Å². The predicted molar refractivity (Wildman–Crippen MR) is 125 cm³/mol. The van der Waals surface area contributed by atoms with Crippen molar-refractivity contribution in [3.63, 3.8) is 0 Å². The van der Waals surface area contributed by atoms with Gasteiger partial charge in [-0.2, -0.15) is 0 Å². The van der Waals surface area contributed by atoms with E-state index in [2.05, 4.69) is 26.6 Å². The van der Waals surface area contributed by atoms with Crippen molar-refractivity contribution >= 4 is 40.4 Å². The lowest BCUT2D eigenvalue weighted by atomic mass is 10.1. The molecule has 4 rings (SSSR count). The summed E-state index contributed by atoms with van der Waals surface area (Å²) in [5.74, 6) is -1.07.